The maximum atomic E-state index is 13.2. The molecule has 1 aromatic carbocycles. The average Bonchev–Trinajstić information content (AvgIpc) is 3.59. The first kappa shape index (κ1) is 22.2. The number of rotatable bonds is 6. The van der Waals surface area contributed by atoms with E-state index in [9.17, 15) is 9.59 Å². The van der Waals surface area contributed by atoms with E-state index in [1.54, 1.807) is 42.0 Å². The normalized spacial score (nSPS) is 18.8. The lowest BCUT2D eigenvalue weighted by Gasteiger charge is -2.40. The fraction of sp³-hybridized carbons (Fsp3) is 0.458. The molecule has 3 N–H and O–H groups in total. The van der Waals surface area contributed by atoms with Crippen molar-refractivity contribution < 1.29 is 14.3 Å². The molecule has 1 aliphatic carbocycles. The number of nitrogens with zero attached hydrogens (tertiary/aromatic N) is 3. The van der Waals surface area contributed by atoms with Crippen LogP contribution in [0.5, 0.6) is 5.75 Å². The fourth-order valence-corrected chi connectivity index (χ4v) is 4.21. The van der Waals surface area contributed by atoms with Crippen LogP contribution in [0.4, 0.5) is 16.2 Å². The van der Waals surface area contributed by atoms with Crippen molar-refractivity contribution in [2.75, 3.05) is 29.4 Å². The summed E-state index contributed by atoms with van der Waals surface area (Å²) in [4.78, 5) is 33.1. The molecule has 1 saturated carbocycles. The van der Waals surface area contributed by atoms with Crippen LogP contribution in [0.1, 0.15) is 43.9 Å². The first-order valence-electron chi connectivity index (χ1n) is 11.2. The minimum Gasteiger partial charge on any atom is -0.408 e. The number of carbonyl (C=O) groups excluding carboxylic acids is 2. The van der Waals surface area contributed by atoms with Crippen LogP contribution >= 0.6 is 0 Å². The van der Waals surface area contributed by atoms with Gasteiger partial charge in [-0.3, -0.25) is 14.7 Å². The van der Waals surface area contributed by atoms with Crippen molar-refractivity contribution >= 4 is 23.4 Å². The molecule has 0 radical (unpaired) electrons. The minimum atomic E-state index is -0.491. The predicted molar refractivity (Wildman–Crippen MR) is 124 cm³/mol. The Balaban J connectivity index is 1.67. The van der Waals surface area contributed by atoms with Crippen LogP contribution in [0.15, 0.2) is 36.5 Å². The SMILES string of the molecule is CC(=O)N1c2ccc(C(CN)CNC3CC3)cc2N(C(=O)Oc2cccnc2C)C[C@@H]1C. The van der Waals surface area contributed by atoms with Gasteiger partial charge in [0.2, 0.25) is 5.91 Å². The largest absolute Gasteiger partial charge is 0.419 e. The molecule has 2 aliphatic rings. The zero-order valence-electron chi connectivity index (χ0n) is 18.9. The number of aromatic nitrogens is 1. The number of hydrogen-bond donors (Lipinski definition) is 2. The summed E-state index contributed by atoms with van der Waals surface area (Å²) in [6.45, 7) is 6.88. The molecular weight excluding hydrogens is 406 g/mol. The van der Waals surface area contributed by atoms with Gasteiger partial charge in [-0.2, -0.15) is 0 Å². The second kappa shape index (κ2) is 9.26. The molecule has 4 rings (SSSR count). The zero-order chi connectivity index (χ0) is 22.8. The lowest BCUT2D eigenvalue weighted by Crippen LogP contribution is -2.52. The van der Waals surface area contributed by atoms with E-state index in [4.69, 9.17) is 10.5 Å². The van der Waals surface area contributed by atoms with Crippen LogP contribution in [0, 0.1) is 6.92 Å². The van der Waals surface area contributed by atoms with Gasteiger partial charge >= 0.3 is 6.09 Å². The van der Waals surface area contributed by atoms with Gasteiger partial charge in [0.1, 0.15) is 0 Å². The molecule has 0 bridgehead atoms. The molecule has 2 atom stereocenters. The number of benzene rings is 1. The summed E-state index contributed by atoms with van der Waals surface area (Å²) in [5.41, 5.74) is 9.11. The van der Waals surface area contributed by atoms with Gasteiger partial charge in [0.25, 0.3) is 0 Å². The molecule has 32 heavy (non-hydrogen) atoms. The van der Waals surface area contributed by atoms with Gasteiger partial charge in [-0.15, -0.1) is 0 Å². The quantitative estimate of drug-likeness (QED) is 0.721. The number of ether oxygens (including phenoxy) is 1. The topological polar surface area (TPSA) is 101 Å². The van der Waals surface area contributed by atoms with Gasteiger partial charge in [-0.05, 0) is 56.5 Å². The number of fused-ring (bicyclic) bond motifs is 1. The van der Waals surface area contributed by atoms with Gasteiger partial charge in [-0.1, -0.05) is 6.07 Å². The van der Waals surface area contributed by atoms with Crippen molar-refractivity contribution in [2.45, 2.75) is 51.6 Å². The van der Waals surface area contributed by atoms with E-state index < -0.39 is 6.09 Å². The summed E-state index contributed by atoms with van der Waals surface area (Å²) in [6.07, 6.45) is 3.58. The van der Waals surface area contributed by atoms with E-state index in [1.165, 1.54) is 12.8 Å². The van der Waals surface area contributed by atoms with Crippen molar-refractivity contribution in [3.05, 3.63) is 47.8 Å². The molecule has 2 aromatic rings. The molecule has 2 heterocycles. The number of aryl methyl sites for hydroxylation is 1. The maximum absolute atomic E-state index is 13.2. The standard InChI is InChI=1S/C24H31N5O3/c1-15-14-28(24(31)32-23-5-4-10-26-16(23)2)22-11-18(6-9-21(22)29(15)17(3)30)19(12-25)13-27-20-7-8-20/h4-6,9-11,15,19-20,27H,7-8,12-14,25H2,1-3H3/t15-,19?/m0/s1. The Morgan fingerprint density at radius 1 is 1.28 bits per heavy atom. The summed E-state index contributed by atoms with van der Waals surface area (Å²) in [6, 6.07) is 9.75. The number of anilines is 2. The summed E-state index contributed by atoms with van der Waals surface area (Å²) >= 11 is 0. The lowest BCUT2D eigenvalue weighted by molar-refractivity contribution is -0.117. The Bertz CT molecular complexity index is 1010. The number of hydrogen-bond acceptors (Lipinski definition) is 6. The molecule has 0 spiro atoms. The van der Waals surface area contributed by atoms with Crippen molar-refractivity contribution in [1.29, 1.82) is 0 Å². The van der Waals surface area contributed by atoms with Gasteiger partial charge in [0.05, 0.1) is 23.1 Å². The van der Waals surface area contributed by atoms with Crippen molar-refractivity contribution in [3.63, 3.8) is 0 Å². The van der Waals surface area contributed by atoms with Gasteiger partial charge < -0.3 is 20.7 Å². The molecule has 8 heteroatoms. The monoisotopic (exact) mass is 437 g/mol. The van der Waals surface area contributed by atoms with Crippen molar-refractivity contribution in [3.8, 4) is 5.75 Å². The Morgan fingerprint density at radius 3 is 2.72 bits per heavy atom. The highest BCUT2D eigenvalue weighted by Crippen LogP contribution is 2.38. The fourth-order valence-electron chi connectivity index (χ4n) is 4.21. The Hall–Kier alpha value is -2.97. The first-order valence-corrected chi connectivity index (χ1v) is 11.2. The molecule has 170 valence electrons. The summed E-state index contributed by atoms with van der Waals surface area (Å²) in [5.74, 6) is 0.475. The Labute approximate surface area is 188 Å². The van der Waals surface area contributed by atoms with Crippen LogP contribution in [0.25, 0.3) is 0 Å². The highest BCUT2D eigenvalue weighted by molar-refractivity contribution is 6.02. The van der Waals surface area contributed by atoms with Gasteiger partial charge in [0, 0.05) is 44.7 Å². The van der Waals surface area contributed by atoms with Crippen LogP contribution in [0.3, 0.4) is 0 Å². The van der Waals surface area contributed by atoms with Crippen LogP contribution in [0.2, 0.25) is 0 Å². The maximum Gasteiger partial charge on any atom is 0.419 e. The summed E-state index contributed by atoms with van der Waals surface area (Å²) in [7, 11) is 0. The molecule has 1 aliphatic heterocycles. The van der Waals surface area contributed by atoms with Crippen molar-refractivity contribution in [1.82, 2.24) is 10.3 Å². The van der Waals surface area contributed by atoms with E-state index in [-0.39, 0.29) is 17.9 Å². The number of carbonyl (C=O) groups is 2. The number of nitrogens with two attached hydrogens (primary N) is 1. The first-order chi connectivity index (χ1) is 15.4. The molecule has 0 saturated heterocycles. The lowest BCUT2D eigenvalue weighted by atomic mass is 9.96. The molecule has 1 fully saturated rings. The summed E-state index contributed by atoms with van der Waals surface area (Å²) < 4.78 is 5.68. The van der Waals surface area contributed by atoms with Crippen LogP contribution in [-0.2, 0) is 4.79 Å². The molecular formula is C24H31N5O3. The third-order valence-corrected chi connectivity index (χ3v) is 6.14. The predicted octanol–water partition coefficient (Wildman–Crippen LogP) is 2.94. The highest BCUT2D eigenvalue weighted by Gasteiger charge is 2.35. The molecule has 1 unspecified atom stereocenters. The smallest absolute Gasteiger partial charge is 0.408 e. The number of amides is 2. The molecule has 2 amide bonds. The second-order valence-corrected chi connectivity index (χ2v) is 8.67. The highest BCUT2D eigenvalue weighted by atomic mass is 16.6. The van der Waals surface area contributed by atoms with E-state index in [0.717, 1.165) is 12.1 Å². The second-order valence-electron chi connectivity index (χ2n) is 8.67. The van der Waals surface area contributed by atoms with E-state index in [2.05, 4.69) is 10.3 Å². The van der Waals surface area contributed by atoms with E-state index in [0.29, 0.717) is 41.9 Å². The minimum absolute atomic E-state index is 0.0617. The van der Waals surface area contributed by atoms with Crippen molar-refractivity contribution in [2.24, 2.45) is 5.73 Å². The molecule has 8 nitrogen and oxygen atoms in total. The van der Waals surface area contributed by atoms with E-state index >= 15 is 0 Å². The van der Waals surface area contributed by atoms with Crippen LogP contribution < -0.4 is 25.6 Å². The third kappa shape index (κ3) is 4.61. The number of nitrogens with one attached hydrogen (secondary N) is 1. The average molecular weight is 438 g/mol. The Morgan fingerprint density at radius 2 is 2.06 bits per heavy atom. The number of pyridine rings is 1. The van der Waals surface area contributed by atoms with E-state index in [1.807, 2.05) is 25.1 Å². The zero-order valence-corrected chi connectivity index (χ0v) is 18.9. The van der Waals surface area contributed by atoms with Gasteiger partial charge in [-0.25, -0.2) is 4.79 Å². The summed E-state index contributed by atoms with van der Waals surface area (Å²) in [5, 5.41) is 3.54. The van der Waals surface area contributed by atoms with Crippen LogP contribution in [-0.4, -0.2) is 48.7 Å². The van der Waals surface area contributed by atoms with Gasteiger partial charge in [0.15, 0.2) is 5.75 Å². The third-order valence-electron chi connectivity index (χ3n) is 6.14. The molecule has 1 aromatic heterocycles. The Kier molecular flexibility index (Phi) is 6.43.